The molecule has 3 aromatic heterocycles. The summed E-state index contributed by atoms with van der Waals surface area (Å²) >= 11 is 0. The number of halogens is 3. The van der Waals surface area contributed by atoms with Gasteiger partial charge in [0.2, 0.25) is 16.0 Å². The van der Waals surface area contributed by atoms with Crippen LogP contribution in [0.3, 0.4) is 0 Å². The first-order chi connectivity index (χ1) is 18.1. The Morgan fingerprint density at radius 2 is 1.63 bits per heavy atom. The topological polar surface area (TPSA) is 139 Å². The molecule has 38 heavy (non-hydrogen) atoms. The van der Waals surface area contributed by atoms with E-state index in [2.05, 4.69) is 30.0 Å². The molecular weight excluding hydrogens is 529 g/mol. The second-order valence-electron chi connectivity index (χ2n) is 8.05. The van der Waals surface area contributed by atoms with Crippen molar-refractivity contribution in [2.24, 2.45) is 0 Å². The van der Waals surface area contributed by atoms with E-state index in [0.29, 0.717) is 4.68 Å². The van der Waals surface area contributed by atoms with E-state index in [1.54, 1.807) is 25.1 Å². The molecule has 4 rings (SSSR count). The third-order valence-electron chi connectivity index (χ3n) is 5.80. The Labute approximate surface area is 215 Å². The van der Waals surface area contributed by atoms with Gasteiger partial charge in [0.1, 0.15) is 28.7 Å². The molecule has 0 bridgehead atoms. The van der Waals surface area contributed by atoms with Crippen molar-refractivity contribution in [3.8, 4) is 28.7 Å². The van der Waals surface area contributed by atoms with E-state index in [1.165, 1.54) is 31.8 Å². The zero-order valence-corrected chi connectivity index (χ0v) is 21.4. The molecule has 0 aliphatic carbocycles. The van der Waals surface area contributed by atoms with Gasteiger partial charge in [0.05, 0.1) is 31.9 Å². The smallest absolute Gasteiger partial charge is 0.333 e. The third kappa shape index (κ3) is 5.11. The molecule has 1 aromatic carbocycles. The van der Waals surface area contributed by atoms with Crippen molar-refractivity contribution in [3.63, 3.8) is 0 Å². The summed E-state index contributed by atoms with van der Waals surface area (Å²) in [5.74, 6) is -1.13. The largest absolute Gasteiger partial charge is 0.494 e. The van der Waals surface area contributed by atoms with Crippen LogP contribution in [0, 0.1) is 5.82 Å². The minimum absolute atomic E-state index is 0.0164. The molecule has 0 spiro atoms. The second kappa shape index (κ2) is 10.6. The normalized spacial score (nSPS) is 13.4. The molecule has 2 unspecified atom stereocenters. The lowest BCUT2D eigenvalue weighted by atomic mass is 10.1. The van der Waals surface area contributed by atoms with Crippen molar-refractivity contribution < 1.29 is 31.1 Å². The number of alkyl halides is 2. The zero-order valence-electron chi connectivity index (χ0n) is 20.6. The van der Waals surface area contributed by atoms with Crippen molar-refractivity contribution in [2.45, 2.75) is 31.6 Å². The molecule has 0 aliphatic rings. The SMILES string of the molecule is COc1cccc(OC)c1-n1c(NS(=O)(=O)C(C)C(C)c2ncc(F)cn2)nnc1-c1ccn(C(F)F)n1. The minimum atomic E-state index is -4.19. The van der Waals surface area contributed by atoms with Gasteiger partial charge in [-0.05, 0) is 25.1 Å². The lowest BCUT2D eigenvalue weighted by molar-refractivity contribution is 0.0568. The summed E-state index contributed by atoms with van der Waals surface area (Å²) in [5, 5.41) is 10.7. The highest BCUT2D eigenvalue weighted by atomic mass is 32.2. The average Bonchev–Trinajstić information content (AvgIpc) is 3.55. The van der Waals surface area contributed by atoms with Crippen molar-refractivity contribution in [3.05, 3.63) is 54.5 Å². The molecule has 0 aliphatic heterocycles. The number of para-hydroxylation sites is 1. The van der Waals surface area contributed by atoms with E-state index in [-0.39, 0.29) is 40.5 Å². The number of aromatic nitrogens is 7. The average molecular weight is 553 g/mol. The van der Waals surface area contributed by atoms with E-state index in [0.717, 1.165) is 18.6 Å². The summed E-state index contributed by atoms with van der Waals surface area (Å²) < 4.78 is 81.5. The van der Waals surface area contributed by atoms with Crippen LogP contribution < -0.4 is 14.2 Å². The monoisotopic (exact) mass is 552 g/mol. The number of nitrogens with zero attached hydrogens (tertiary/aromatic N) is 7. The van der Waals surface area contributed by atoms with Crippen LogP contribution in [0.4, 0.5) is 19.1 Å². The summed E-state index contributed by atoms with van der Waals surface area (Å²) in [6.45, 7) is 0.0953. The number of sulfonamides is 1. The van der Waals surface area contributed by atoms with Gasteiger partial charge in [0.25, 0.3) is 0 Å². The van der Waals surface area contributed by atoms with E-state index in [1.807, 2.05) is 0 Å². The van der Waals surface area contributed by atoms with Crippen LogP contribution >= 0.6 is 0 Å². The number of hydrogen-bond donors (Lipinski definition) is 1. The number of rotatable bonds is 10. The van der Waals surface area contributed by atoms with Gasteiger partial charge in [0.15, 0.2) is 11.6 Å². The Balaban J connectivity index is 1.82. The summed E-state index contributed by atoms with van der Waals surface area (Å²) in [7, 11) is -1.41. The zero-order chi connectivity index (χ0) is 27.6. The van der Waals surface area contributed by atoms with Crippen LogP contribution in [-0.4, -0.2) is 62.4 Å². The third-order valence-corrected chi connectivity index (χ3v) is 7.65. The Bertz CT molecular complexity index is 1500. The van der Waals surface area contributed by atoms with Crippen LogP contribution in [0.1, 0.15) is 32.1 Å². The van der Waals surface area contributed by atoms with Crippen LogP contribution in [-0.2, 0) is 10.0 Å². The molecule has 16 heteroatoms. The van der Waals surface area contributed by atoms with Gasteiger partial charge < -0.3 is 9.47 Å². The quantitative estimate of drug-likeness (QED) is 0.314. The van der Waals surface area contributed by atoms with Gasteiger partial charge >= 0.3 is 6.55 Å². The van der Waals surface area contributed by atoms with E-state index in [9.17, 15) is 21.6 Å². The molecule has 0 amide bonds. The van der Waals surface area contributed by atoms with E-state index >= 15 is 0 Å². The summed E-state index contributed by atoms with van der Waals surface area (Å²) in [6, 6.07) is 6.11. The van der Waals surface area contributed by atoms with E-state index < -0.39 is 33.6 Å². The highest BCUT2D eigenvalue weighted by Gasteiger charge is 2.33. The van der Waals surface area contributed by atoms with Crippen molar-refractivity contribution in [2.75, 3.05) is 18.9 Å². The first-order valence-electron chi connectivity index (χ1n) is 11.1. The fourth-order valence-corrected chi connectivity index (χ4v) is 4.83. The number of nitrogens with one attached hydrogen (secondary N) is 1. The predicted molar refractivity (Wildman–Crippen MR) is 129 cm³/mol. The van der Waals surface area contributed by atoms with Gasteiger partial charge in [-0.3, -0.25) is 9.29 Å². The molecule has 0 radical (unpaired) electrons. The molecular formula is C22H23F3N8O4S. The molecule has 2 atom stereocenters. The van der Waals surface area contributed by atoms with Crippen molar-refractivity contribution >= 4 is 16.0 Å². The number of benzene rings is 1. The molecule has 202 valence electrons. The van der Waals surface area contributed by atoms with Crippen LogP contribution in [0.5, 0.6) is 11.5 Å². The Hall–Kier alpha value is -4.21. The number of hydrogen-bond acceptors (Lipinski definition) is 9. The molecule has 0 saturated carbocycles. The van der Waals surface area contributed by atoms with Gasteiger partial charge in [-0.15, -0.1) is 10.2 Å². The van der Waals surface area contributed by atoms with Crippen molar-refractivity contribution in [1.29, 1.82) is 0 Å². The Morgan fingerprint density at radius 3 is 2.18 bits per heavy atom. The minimum Gasteiger partial charge on any atom is -0.494 e. The molecule has 3 heterocycles. The molecule has 1 N–H and O–H groups in total. The number of anilines is 1. The summed E-state index contributed by atoms with van der Waals surface area (Å²) in [5.41, 5.74) is 0.182. The van der Waals surface area contributed by atoms with Crippen molar-refractivity contribution in [1.82, 2.24) is 34.5 Å². The maximum atomic E-state index is 13.4. The number of ether oxygens (including phenoxy) is 2. The van der Waals surface area contributed by atoms with Crippen LogP contribution in [0.15, 0.2) is 42.9 Å². The lowest BCUT2D eigenvalue weighted by Gasteiger charge is -2.21. The second-order valence-corrected chi connectivity index (χ2v) is 10.1. The fraction of sp³-hybridized carbons (Fsp3) is 0.318. The van der Waals surface area contributed by atoms with Gasteiger partial charge in [0, 0.05) is 12.1 Å². The highest BCUT2D eigenvalue weighted by molar-refractivity contribution is 7.93. The Morgan fingerprint density at radius 1 is 1.00 bits per heavy atom. The fourth-order valence-electron chi connectivity index (χ4n) is 3.60. The predicted octanol–water partition coefficient (Wildman–Crippen LogP) is 3.41. The molecule has 4 aromatic rings. The Kier molecular flexibility index (Phi) is 7.52. The maximum Gasteiger partial charge on any atom is 0.333 e. The van der Waals surface area contributed by atoms with Crippen LogP contribution in [0.25, 0.3) is 17.2 Å². The molecule has 0 fully saturated rings. The first-order valence-corrected chi connectivity index (χ1v) is 12.6. The molecule has 12 nitrogen and oxygen atoms in total. The van der Waals surface area contributed by atoms with E-state index in [4.69, 9.17) is 9.47 Å². The highest BCUT2D eigenvalue weighted by Crippen LogP contribution is 2.38. The lowest BCUT2D eigenvalue weighted by Crippen LogP contribution is -2.31. The van der Waals surface area contributed by atoms with Gasteiger partial charge in [-0.25, -0.2) is 27.5 Å². The summed E-state index contributed by atoms with van der Waals surface area (Å²) in [6.07, 6.45) is 2.94. The number of methoxy groups -OCH3 is 2. The molecule has 0 saturated heterocycles. The van der Waals surface area contributed by atoms with Gasteiger partial charge in [-0.2, -0.15) is 13.9 Å². The first kappa shape index (κ1) is 26.8. The van der Waals surface area contributed by atoms with Crippen LogP contribution in [0.2, 0.25) is 0 Å². The maximum absolute atomic E-state index is 13.4. The van der Waals surface area contributed by atoms with Gasteiger partial charge in [-0.1, -0.05) is 13.0 Å². The standard InChI is InChI=1S/C22H23F3N8O4S/c1-12(19-26-10-14(23)11-27-19)13(2)38(34,35)31-22-29-28-20(15-8-9-32(30-15)21(24)25)33(22)18-16(36-3)6-5-7-17(18)37-4/h5-13,21H,1-4H3,(H,29,31). The summed E-state index contributed by atoms with van der Waals surface area (Å²) in [4.78, 5) is 7.75.